The summed E-state index contributed by atoms with van der Waals surface area (Å²) < 4.78 is 13.9. The zero-order valence-corrected chi connectivity index (χ0v) is 24.6. The van der Waals surface area contributed by atoms with E-state index in [1.807, 2.05) is 76.4 Å². The standard InChI is InChI=1S/C30H34N6O3.C2H6/c1-19-12-25(38-18-21-15-33-20(2)34-16-21)14-26(13-19)39-24-6-4-23(5-7-24)36-17-27(28(31)29(36)30(32)37)22-8-10-35(3)11-9-22;1-2/h4-7,12-17,22H,8-11,18,31H2,1-3H3,(H2,32,37);1-2H3. The number of anilines is 1. The molecule has 0 bridgehead atoms. The van der Waals surface area contributed by atoms with Gasteiger partial charge in [-0.3, -0.25) is 4.79 Å². The third-order valence-electron chi connectivity index (χ3n) is 7.08. The van der Waals surface area contributed by atoms with Crippen LogP contribution >= 0.6 is 0 Å². The number of carbonyl (C=O) groups is 1. The van der Waals surface area contributed by atoms with E-state index in [0.29, 0.717) is 41.2 Å². The van der Waals surface area contributed by atoms with Crippen molar-refractivity contribution in [2.75, 3.05) is 25.9 Å². The van der Waals surface area contributed by atoms with Crippen molar-refractivity contribution in [2.45, 2.75) is 53.1 Å². The molecule has 0 spiro atoms. The molecule has 0 unspecified atom stereocenters. The van der Waals surface area contributed by atoms with Crippen molar-refractivity contribution in [1.82, 2.24) is 19.4 Å². The third kappa shape index (κ3) is 7.24. The van der Waals surface area contributed by atoms with Gasteiger partial charge in [-0.25, -0.2) is 9.97 Å². The van der Waals surface area contributed by atoms with E-state index < -0.39 is 5.91 Å². The van der Waals surface area contributed by atoms with Gasteiger partial charge in [0, 0.05) is 35.9 Å². The van der Waals surface area contributed by atoms with Crippen molar-refractivity contribution in [1.29, 1.82) is 0 Å². The summed E-state index contributed by atoms with van der Waals surface area (Å²) in [4.78, 5) is 23.1. The summed E-state index contributed by atoms with van der Waals surface area (Å²) in [5.74, 6) is 2.48. The van der Waals surface area contributed by atoms with Crippen LogP contribution in [0.4, 0.5) is 5.69 Å². The molecule has 0 radical (unpaired) electrons. The minimum Gasteiger partial charge on any atom is -0.489 e. The van der Waals surface area contributed by atoms with Crippen LogP contribution in [0.25, 0.3) is 5.69 Å². The van der Waals surface area contributed by atoms with E-state index in [1.165, 1.54) is 0 Å². The summed E-state index contributed by atoms with van der Waals surface area (Å²) in [7, 11) is 2.12. The molecule has 1 fully saturated rings. The lowest BCUT2D eigenvalue weighted by molar-refractivity contribution is 0.0994. The van der Waals surface area contributed by atoms with Crippen LogP contribution in [0, 0.1) is 13.8 Å². The Morgan fingerprint density at radius 3 is 2.24 bits per heavy atom. The molecular weight excluding hydrogens is 516 g/mol. The van der Waals surface area contributed by atoms with Crippen molar-refractivity contribution in [3.8, 4) is 22.9 Å². The van der Waals surface area contributed by atoms with Crippen LogP contribution < -0.4 is 20.9 Å². The Bertz CT molecular complexity index is 1460. The number of ether oxygens (including phenoxy) is 2. The van der Waals surface area contributed by atoms with Gasteiger partial charge in [0.2, 0.25) is 0 Å². The van der Waals surface area contributed by atoms with E-state index in [0.717, 1.165) is 54.1 Å². The second-order valence-corrected chi connectivity index (χ2v) is 10.2. The molecule has 0 atom stereocenters. The van der Waals surface area contributed by atoms with Gasteiger partial charge in [0.25, 0.3) is 5.91 Å². The van der Waals surface area contributed by atoms with Gasteiger partial charge in [-0.05, 0) is 100 Å². The Labute approximate surface area is 242 Å². The summed E-state index contributed by atoms with van der Waals surface area (Å²) in [5, 5.41) is 0. The molecule has 2 aromatic carbocycles. The molecule has 4 N–H and O–H groups in total. The van der Waals surface area contributed by atoms with Gasteiger partial charge in [0.15, 0.2) is 0 Å². The van der Waals surface area contributed by atoms with Gasteiger partial charge in [-0.2, -0.15) is 0 Å². The number of aryl methyl sites for hydroxylation is 2. The summed E-state index contributed by atoms with van der Waals surface area (Å²) in [6.07, 6.45) is 7.48. The quantitative estimate of drug-likeness (QED) is 0.282. The van der Waals surface area contributed by atoms with Crippen molar-refractivity contribution in [3.05, 3.63) is 89.3 Å². The second kappa shape index (κ2) is 13.3. The van der Waals surface area contributed by atoms with Crippen LogP contribution in [0.2, 0.25) is 0 Å². The number of amides is 1. The number of hydrogen-bond donors (Lipinski definition) is 2. The number of rotatable bonds is 8. The second-order valence-electron chi connectivity index (χ2n) is 10.2. The van der Waals surface area contributed by atoms with E-state index in [1.54, 1.807) is 17.0 Å². The van der Waals surface area contributed by atoms with Crippen molar-refractivity contribution in [2.24, 2.45) is 5.73 Å². The largest absolute Gasteiger partial charge is 0.489 e. The van der Waals surface area contributed by atoms with Gasteiger partial charge in [-0.15, -0.1) is 0 Å². The maximum absolute atomic E-state index is 12.4. The van der Waals surface area contributed by atoms with E-state index in [9.17, 15) is 4.79 Å². The molecule has 3 heterocycles. The Hall–Kier alpha value is -4.37. The fourth-order valence-electron chi connectivity index (χ4n) is 4.97. The molecule has 0 saturated carbocycles. The Morgan fingerprint density at radius 2 is 1.61 bits per heavy atom. The average Bonchev–Trinajstić information content (AvgIpc) is 3.31. The molecule has 9 heteroatoms. The van der Waals surface area contributed by atoms with Gasteiger partial charge in [-0.1, -0.05) is 13.8 Å². The number of nitrogen functional groups attached to an aromatic ring is 1. The van der Waals surface area contributed by atoms with Gasteiger partial charge < -0.3 is 30.4 Å². The minimum atomic E-state index is -0.545. The van der Waals surface area contributed by atoms with Gasteiger partial charge >= 0.3 is 0 Å². The Morgan fingerprint density at radius 1 is 0.976 bits per heavy atom. The fraction of sp³-hybridized carbons (Fsp3) is 0.344. The third-order valence-corrected chi connectivity index (χ3v) is 7.08. The number of nitrogens with two attached hydrogens (primary N) is 2. The molecular formula is C32H40N6O3. The molecule has 9 nitrogen and oxygen atoms in total. The lowest BCUT2D eigenvalue weighted by Crippen LogP contribution is -2.29. The molecule has 2 aromatic heterocycles. The highest BCUT2D eigenvalue weighted by Crippen LogP contribution is 2.36. The summed E-state index contributed by atoms with van der Waals surface area (Å²) in [6, 6.07) is 13.3. The van der Waals surface area contributed by atoms with Crippen LogP contribution in [-0.2, 0) is 6.61 Å². The molecule has 1 aliphatic heterocycles. The minimum absolute atomic E-state index is 0.305. The highest BCUT2D eigenvalue weighted by molar-refractivity contribution is 5.98. The Kier molecular flexibility index (Phi) is 9.62. The number of benzene rings is 2. The number of carbonyl (C=O) groups excluding carboxylic acids is 1. The molecule has 5 rings (SSSR count). The van der Waals surface area contributed by atoms with Crippen LogP contribution in [0.15, 0.2) is 61.1 Å². The number of aromatic nitrogens is 3. The van der Waals surface area contributed by atoms with Gasteiger partial charge in [0.05, 0.1) is 5.69 Å². The van der Waals surface area contributed by atoms with E-state index >= 15 is 0 Å². The van der Waals surface area contributed by atoms with Crippen LogP contribution in [0.1, 0.15) is 65.6 Å². The summed E-state index contributed by atoms with van der Waals surface area (Å²) in [6.45, 7) is 10.2. The first-order chi connectivity index (χ1) is 19.8. The van der Waals surface area contributed by atoms with E-state index in [-0.39, 0.29) is 0 Å². The fourth-order valence-corrected chi connectivity index (χ4v) is 4.97. The maximum atomic E-state index is 12.4. The summed E-state index contributed by atoms with van der Waals surface area (Å²) in [5.41, 5.74) is 16.7. The SMILES string of the molecule is CC.Cc1cc(OCc2cnc(C)nc2)cc(Oc2ccc(-n3cc(C4CCN(C)CC4)c(N)c3C(N)=O)cc2)c1. The smallest absolute Gasteiger partial charge is 0.267 e. The van der Waals surface area contributed by atoms with Gasteiger partial charge in [0.1, 0.15) is 35.4 Å². The Balaban J connectivity index is 0.00000189. The highest BCUT2D eigenvalue weighted by Gasteiger charge is 2.26. The van der Waals surface area contributed by atoms with E-state index in [4.69, 9.17) is 20.9 Å². The number of primary amides is 1. The molecule has 1 saturated heterocycles. The lowest BCUT2D eigenvalue weighted by atomic mass is 9.90. The first-order valence-corrected chi connectivity index (χ1v) is 14.1. The zero-order valence-electron chi connectivity index (χ0n) is 24.6. The molecule has 1 amide bonds. The topological polar surface area (TPSA) is 122 Å². The average molecular weight is 557 g/mol. The molecule has 4 aromatic rings. The molecule has 0 aliphatic carbocycles. The predicted octanol–water partition coefficient (Wildman–Crippen LogP) is 5.77. The van der Waals surface area contributed by atoms with Crippen molar-refractivity contribution < 1.29 is 14.3 Å². The van der Waals surface area contributed by atoms with E-state index in [2.05, 4.69) is 21.9 Å². The highest BCUT2D eigenvalue weighted by atomic mass is 16.5. The predicted molar refractivity (Wildman–Crippen MR) is 162 cm³/mol. The normalized spacial score (nSPS) is 13.8. The number of piperidine rings is 1. The first-order valence-electron chi connectivity index (χ1n) is 14.1. The van der Waals surface area contributed by atoms with Crippen LogP contribution in [0.3, 0.4) is 0 Å². The molecule has 1 aliphatic rings. The van der Waals surface area contributed by atoms with Crippen molar-refractivity contribution >= 4 is 11.6 Å². The number of hydrogen-bond acceptors (Lipinski definition) is 7. The van der Waals surface area contributed by atoms with Crippen LogP contribution in [-0.4, -0.2) is 45.5 Å². The lowest BCUT2D eigenvalue weighted by Gasteiger charge is -2.28. The molecule has 41 heavy (non-hydrogen) atoms. The first kappa shape index (κ1) is 29.6. The van der Waals surface area contributed by atoms with Crippen molar-refractivity contribution in [3.63, 3.8) is 0 Å². The summed E-state index contributed by atoms with van der Waals surface area (Å²) >= 11 is 0. The zero-order chi connectivity index (χ0) is 29.5. The maximum Gasteiger partial charge on any atom is 0.267 e. The monoisotopic (exact) mass is 556 g/mol. The molecule has 216 valence electrons. The number of likely N-dealkylation sites (tertiary alicyclic amines) is 1. The number of nitrogens with zero attached hydrogens (tertiary/aromatic N) is 4. The van der Waals surface area contributed by atoms with Crippen LogP contribution in [0.5, 0.6) is 17.2 Å².